The minimum Gasteiger partial charge on any atom is -0.377 e. The van der Waals surface area contributed by atoms with Gasteiger partial charge in [-0.05, 0) is 63.1 Å². The molecule has 0 aromatic heterocycles. The number of ether oxygens (including phenoxy) is 1. The Morgan fingerprint density at radius 1 is 1.14 bits per heavy atom. The highest BCUT2D eigenvalue weighted by atomic mass is 19.3. The molecule has 0 amide bonds. The molecule has 158 valence electrons. The minimum absolute atomic E-state index is 0.0301. The molecular formula is C23H35F2NO2. The highest BCUT2D eigenvalue weighted by Gasteiger charge is 2.30. The van der Waals surface area contributed by atoms with Gasteiger partial charge in [-0.1, -0.05) is 37.3 Å². The zero-order valence-electron chi connectivity index (χ0n) is 17.2. The molecule has 2 fully saturated rings. The van der Waals surface area contributed by atoms with Crippen molar-refractivity contribution in [1.82, 2.24) is 4.90 Å². The molecule has 1 saturated heterocycles. The molecule has 2 aliphatic rings. The SMILES string of the molecule is CC1CCN(C)C1COC1CCC(c2ccccc2)CC1.O=CCCC(F)F. The summed E-state index contributed by atoms with van der Waals surface area (Å²) in [5.41, 5.74) is 1.51. The number of alkyl halides is 2. The standard InChI is InChI=1S/C19H29NO.C4H6F2O/c1-15-12-13-20(2)19(15)14-21-18-10-8-17(9-11-18)16-6-4-3-5-7-16;5-4(6)2-1-3-7/h3-7,15,17-19H,8-14H2,1-2H3;3-4H,1-2H2. The molecule has 28 heavy (non-hydrogen) atoms. The smallest absolute Gasteiger partial charge is 0.239 e. The third kappa shape index (κ3) is 7.59. The quantitative estimate of drug-likeness (QED) is 0.587. The maximum absolute atomic E-state index is 11.1. The van der Waals surface area contributed by atoms with Crippen LogP contribution in [0.15, 0.2) is 30.3 Å². The molecule has 0 radical (unpaired) electrons. The summed E-state index contributed by atoms with van der Waals surface area (Å²) in [6.07, 6.45) is 4.67. The van der Waals surface area contributed by atoms with Crippen molar-refractivity contribution in [2.75, 3.05) is 20.2 Å². The van der Waals surface area contributed by atoms with Crippen LogP contribution in [0.25, 0.3) is 0 Å². The van der Waals surface area contributed by atoms with Crippen molar-refractivity contribution in [1.29, 1.82) is 0 Å². The summed E-state index contributed by atoms with van der Waals surface area (Å²) in [6, 6.07) is 11.6. The Hall–Kier alpha value is -1.33. The monoisotopic (exact) mass is 395 g/mol. The Morgan fingerprint density at radius 2 is 1.82 bits per heavy atom. The normalized spacial score (nSPS) is 28.0. The summed E-state index contributed by atoms with van der Waals surface area (Å²) < 4.78 is 28.4. The molecule has 0 bridgehead atoms. The lowest BCUT2D eigenvalue weighted by molar-refractivity contribution is -0.108. The van der Waals surface area contributed by atoms with Gasteiger partial charge in [0.25, 0.3) is 0 Å². The number of hydrogen-bond donors (Lipinski definition) is 0. The number of nitrogens with zero attached hydrogens (tertiary/aromatic N) is 1. The molecule has 0 N–H and O–H groups in total. The van der Waals surface area contributed by atoms with Gasteiger partial charge >= 0.3 is 0 Å². The molecule has 5 heteroatoms. The van der Waals surface area contributed by atoms with Crippen LogP contribution in [0.5, 0.6) is 0 Å². The van der Waals surface area contributed by atoms with E-state index < -0.39 is 6.43 Å². The Morgan fingerprint density at radius 3 is 2.32 bits per heavy atom. The molecule has 1 aromatic rings. The molecule has 0 spiro atoms. The van der Waals surface area contributed by atoms with Crippen LogP contribution in [0.1, 0.15) is 63.4 Å². The fraction of sp³-hybridized carbons (Fsp3) is 0.696. The number of aldehydes is 1. The van der Waals surface area contributed by atoms with Crippen molar-refractivity contribution in [2.45, 2.75) is 76.4 Å². The topological polar surface area (TPSA) is 29.5 Å². The van der Waals surface area contributed by atoms with Gasteiger partial charge in [-0.25, -0.2) is 8.78 Å². The van der Waals surface area contributed by atoms with Gasteiger partial charge in [0.2, 0.25) is 6.43 Å². The van der Waals surface area contributed by atoms with Crippen LogP contribution in [0.4, 0.5) is 8.78 Å². The van der Waals surface area contributed by atoms with Gasteiger partial charge in [-0.2, -0.15) is 0 Å². The van der Waals surface area contributed by atoms with Crippen LogP contribution in [-0.4, -0.2) is 50.0 Å². The van der Waals surface area contributed by atoms with Gasteiger partial charge in [0.15, 0.2) is 0 Å². The maximum Gasteiger partial charge on any atom is 0.239 e. The van der Waals surface area contributed by atoms with Gasteiger partial charge in [0, 0.05) is 18.9 Å². The van der Waals surface area contributed by atoms with E-state index >= 15 is 0 Å². The van der Waals surface area contributed by atoms with Gasteiger partial charge in [-0.15, -0.1) is 0 Å². The molecule has 1 aliphatic heterocycles. The predicted octanol–water partition coefficient (Wildman–Crippen LogP) is 5.30. The van der Waals surface area contributed by atoms with E-state index in [1.54, 1.807) is 0 Å². The first-order valence-corrected chi connectivity index (χ1v) is 10.6. The van der Waals surface area contributed by atoms with Crippen molar-refractivity contribution >= 4 is 6.29 Å². The van der Waals surface area contributed by atoms with Crippen LogP contribution in [-0.2, 0) is 9.53 Å². The van der Waals surface area contributed by atoms with E-state index in [9.17, 15) is 13.6 Å². The summed E-state index contributed by atoms with van der Waals surface area (Å²) in [5, 5.41) is 0. The van der Waals surface area contributed by atoms with Crippen molar-refractivity contribution < 1.29 is 18.3 Å². The van der Waals surface area contributed by atoms with Crippen molar-refractivity contribution in [3.05, 3.63) is 35.9 Å². The summed E-state index contributed by atoms with van der Waals surface area (Å²) in [5.74, 6) is 1.54. The van der Waals surface area contributed by atoms with E-state index in [1.807, 2.05) is 0 Å². The number of hydrogen-bond acceptors (Lipinski definition) is 3. The van der Waals surface area contributed by atoms with Crippen molar-refractivity contribution in [3.63, 3.8) is 0 Å². The average molecular weight is 396 g/mol. The van der Waals surface area contributed by atoms with Gasteiger partial charge in [0.1, 0.15) is 6.29 Å². The Balaban J connectivity index is 0.000000345. The Bertz CT molecular complexity index is 537. The van der Waals surface area contributed by atoms with Gasteiger partial charge < -0.3 is 14.4 Å². The lowest BCUT2D eigenvalue weighted by Gasteiger charge is -2.31. The first-order chi connectivity index (χ1) is 13.5. The van der Waals surface area contributed by atoms with Crippen LogP contribution >= 0.6 is 0 Å². The third-order valence-electron chi connectivity index (χ3n) is 6.11. The number of halogens is 2. The van der Waals surface area contributed by atoms with E-state index in [0.29, 0.717) is 18.4 Å². The molecule has 3 rings (SSSR count). The Labute approximate surface area is 168 Å². The van der Waals surface area contributed by atoms with E-state index in [4.69, 9.17) is 4.74 Å². The predicted molar refractivity (Wildman–Crippen MR) is 109 cm³/mol. The molecule has 1 aromatic carbocycles. The summed E-state index contributed by atoms with van der Waals surface area (Å²) >= 11 is 0. The number of carbonyl (C=O) groups excluding carboxylic acids is 1. The lowest BCUT2D eigenvalue weighted by Crippen LogP contribution is -2.35. The number of likely N-dealkylation sites (N-methyl/N-ethyl adjacent to an activating group) is 1. The van der Waals surface area contributed by atoms with E-state index in [1.165, 1.54) is 44.2 Å². The van der Waals surface area contributed by atoms with E-state index in [0.717, 1.165) is 18.4 Å². The van der Waals surface area contributed by atoms with Crippen LogP contribution in [0.3, 0.4) is 0 Å². The molecular weight excluding hydrogens is 360 g/mol. The first-order valence-electron chi connectivity index (χ1n) is 10.6. The second-order valence-corrected chi connectivity index (χ2v) is 8.17. The highest BCUT2D eigenvalue weighted by Crippen LogP contribution is 2.34. The fourth-order valence-corrected chi connectivity index (χ4v) is 4.21. The van der Waals surface area contributed by atoms with Crippen LogP contribution in [0, 0.1) is 5.92 Å². The second kappa shape index (κ2) is 12.3. The van der Waals surface area contributed by atoms with Crippen molar-refractivity contribution in [3.8, 4) is 0 Å². The fourth-order valence-electron chi connectivity index (χ4n) is 4.21. The highest BCUT2D eigenvalue weighted by molar-refractivity contribution is 5.49. The summed E-state index contributed by atoms with van der Waals surface area (Å²) in [7, 11) is 2.24. The van der Waals surface area contributed by atoms with Crippen molar-refractivity contribution in [2.24, 2.45) is 5.92 Å². The Kier molecular flexibility index (Phi) is 10.1. The van der Waals surface area contributed by atoms with Crippen LogP contribution in [0.2, 0.25) is 0 Å². The van der Waals surface area contributed by atoms with E-state index in [2.05, 4.69) is 49.2 Å². The molecule has 2 atom stereocenters. The largest absolute Gasteiger partial charge is 0.377 e. The second-order valence-electron chi connectivity index (χ2n) is 8.17. The van der Waals surface area contributed by atoms with Gasteiger partial charge in [0.05, 0.1) is 12.7 Å². The molecule has 1 aliphatic carbocycles. The molecule has 2 unspecified atom stereocenters. The zero-order valence-corrected chi connectivity index (χ0v) is 17.2. The zero-order chi connectivity index (χ0) is 20.4. The molecule has 3 nitrogen and oxygen atoms in total. The summed E-state index contributed by atoms with van der Waals surface area (Å²) in [4.78, 5) is 11.8. The number of benzene rings is 1. The summed E-state index contributed by atoms with van der Waals surface area (Å²) in [6.45, 7) is 4.53. The van der Waals surface area contributed by atoms with Gasteiger partial charge in [-0.3, -0.25) is 0 Å². The maximum atomic E-state index is 11.1. The first kappa shape index (κ1) is 23.0. The number of rotatable bonds is 7. The minimum atomic E-state index is -2.33. The number of likely N-dealkylation sites (tertiary alicyclic amines) is 1. The molecule has 1 saturated carbocycles. The third-order valence-corrected chi connectivity index (χ3v) is 6.11. The number of carbonyl (C=O) groups is 1. The molecule has 1 heterocycles. The average Bonchev–Trinajstić information content (AvgIpc) is 3.04. The van der Waals surface area contributed by atoms with Crippen LogP contribution < -0.4 is 0 Å². The lowest BCUT2D eigenvalue weighted by atomic mass is 9.83. The van der Waals surface area contributed by atoms with E-state index in [-0.39, 0.29) is 12.8 Å².